The molecule has 5 heteroatoms. The van der Waals surface area contributed by atoms with Crippen LogP contribution in [0.25, 0.3) is 22.1 Å². The SMILES string of the molecule is N#Cc1cc(F)c2oc3ncccc3c(=O)c2c1. The number of hydrogen-bond donors (Lipinski definition) is 0. The van der Waals surface area contributed by atoms with Gasteiger partial charge in [-0.15, -0.1) is 0 Å². The zero-order chi connectivity index (χ0) is 12.7. The predicted molar refractivity (Wildman–Crippen MR) is 62.5 cm³/mol. The van der Waals surface area contributed by atoms with Crippen LogP contribution in [0.3, 0.4) is 0 Å². The molecule has 0 unspecified atom stereocenters. The predicted octanol–water partition coefficient (Wildman–Crippen LogP) is 2.35. The minimum atomic E-state index is -0.742. The second kappa shape index (κ2) is 3.64. The van der Waals surface area contributed by atoms with Crippen molar-refractivity contribution in [3.63, 3.8) is 0 Å². The smallest absolute Gasteiger partial charge is 0.230 e. The van der Waals surface area contributed by atoms with Crippen molar-refractivity contribution in [2.24, 2.45) is 0 Å². The van der Waals surface area contributed by atoms with Crippen molar-refractivity contribution in [2.45, 2.75) is 0 Å². The average Bonchev–Trinajstić information content (AvgIpc) is 2.40. The summed E-state index contributed by atoms with van der Waals surface area (Å²) < 4.78 is 19.0. The zero-order valence-corrected chi connectivity index (χ0v) is 8.98. The number of aromatic nitrogens is 1. The molecule has 0 bridgehead atoms. The quantitative estimate of drug-likeness (QED) is 0.565. The first-order valence-corrected chi connectivity index (χ1v) is 5.12. The van der Waals surface area contributed by atoms with E-state index in [2.05, 4.69) is 4.98 Å². The van der Waals surface area contributed by atoms with Gasteiger partial charge in [0.15, 0.2) is 11.4 Å². The number of hydrogen-bond acceptors (Lipinski definition) is 4. The Balaban J connectivity index is 2.61. The van der Waals surface area contributed by atoms with E-state index in [1.807, 2.05) is 0 Å². The fraction of sp³-hybridized carbons (Fsp3) is 0. The second-order valence-corrected chi connectivity index (χ2v) is 3.73. The van der Waals surface area contributed by atoms with Gasteiger partial charge in [0.25, 0.3) is 0 Å². The maximum atomic E-state index is 13.7. The lowest BCUT2D eigenvalue weighted by Crippen LogP contribution is -2.04. The van der Waals surface area contributed by atoms with Gasteiger partial charge in [0, 0.05) is 6.20 Å². The molecule has 0 fully saturated rings. The first-order chi connectivity index (χ1) is 8.70. The zero-order valence-electron chi connectivity index (χ0n) is 8.98. The summed E-state index contributed by atoms with van der Waals surface area (Å²) in [5.41, 5.74) is -0.408. The molecule has 86 valence electrons. The van der Waals surface area contributed by atoms with Gasteiger partial charge in [-0.3, -0.25) is 4.79 Å². The summed E-state index contributed by atoms with van der Waals surface area (Å²) in [4.78, 5) is 16.0. The Morgan fingerprint density at radius 1 is 1.33 bits per heavy atom. The molecule has 0 aliphatic rings. The fourth-order valence-corrected chi connectivity index (χ4v) is 1.82. The van der Waals surface area contributed by atoms with Crippen LogP contribution in [0.5, 0.6) is 0 Å². The fourth-order valence-electron chi connectivity index (χ4n) is 1.82. The maximum Gasteiger partial charge on any atom is 0.230 e. The van der Waals surface area contributed by atoms with Gasteiger partial charge in [0.2, 0.25) is 11.1 Å². The number of pyridine rings is 1. The molecule has 2 heterocycles. The van der Waals surface area contributed by atoms with Crippen molar-refractivity contribution in [1.82, 2.24) is 4.98 Å². The molecule has 0 atom stereocenters. The molecule has 18 heavy (non-hydrogen) atoms. The third-order valence-corrected chi connectivity index (χ3v) is 2.63. The van der Waals surface area contributed by atoms with E-state index in [9.17, 15) is 9.18 Å². The Labute approximate surface area is 99.9 Å². The van der Waals surface area contributed by atoms with Gasteiger partial charge < -0.3 is 4.42 Å². The van der Waals surface area contributed by atoms with Crippen LogP contribution >= 0.6 is 0 Å². The number of nitrogens with zero attached hydrogens (tertiary/aromatic N) is 2. The van der Waals surface area contributed by atoms with E-state index in [1.54, 1.807) is 18.2 Å². The van der Waals surface area contributed by atoms with Crippen molar-refractivity contribution >= 4 is 22.1 Å². The van der Waals surface area contributed by atoms with Crippen LogP contribution in [-0.2, 0) is 0 Å². The van der Waals surface area contributed by atoms with Gasteiger partial charge in [-0.25, -0.2) is 9.37 Å². The molecule has 0 aliphatic heterocycles. The molecule has 2 aromatic heterocycles. The molecule has 3 rings (SSSR count). The highest BCUT2D eigenvalue weighted by Gasteiger charge is 2.13. The van der Waals surface area contributed by atoms with Crippen molar-refractivity contribution < 1.29 is 8.81 Å². The Kier molecular flexibility index (Phi) is 2.10. The van der Waals surface area contributed by atoms with Gasteiger partial charge in [-0.1, -0.05) is 0 Å². The molecule has 0 N–H and O–H groups in total. The summed E-state index contributed by atoms with van der Waals surface area (Å²) in [6.07, 6.45) is 1.46. The number of fused-ring (bicyclic) bond motifs is 2. The van der Waals surface area contributed by atoms with Crippen LogP contribution in [0.15, 0.2) is 39.7 Å². The Morgan fingerprint density at radius 2 is 2.17 bits per heavy atom. The monoisotopic (exact) mass is 240 g/mol. The summed E-state index contributed by atoms with van der Waals surface area (Å²) in [5.74, 6) is -0.742. The normalized spacial score (nSPS) is 10.7. The van der Waals surface area contributed by atoms with Gasteiger partial charge in [0.1, 0.15) is 0 Å². The Morgan fingerprint density at radius 3 is 2.94 bits per heavy atom. The Hall–Kier alpha value is -2.74. The number of nitriles is 1. The standard InChI is InChI=1S/C13H5FN2O2/c14-10-5-7(6-15)4-9-11(17)8-2-1-3-16-13(8)18-12(9)10/h1-5H. The third kappa shape index (κ3) is 1.36. The van der Waals surface area contributed by atoms with Gasteiger partial charge in [-0.2, -0.15) is 5.26 Å². The van der Waals surface area contributed by atoms with Crippen LogP contribution in [0.4, 0.5) is 4.39 Å². The molecular formula is C13H5FN2O2. The van der Waals surface area contributed by atoms with Crippen molar-refractivity contribution in [1.29, 1.82) is 5.26 Å². The highest BCUT2D eigenvalue weighted by Crippen LogP contribution is 2.21. The minimum Gasteiger partial charge on any atom is -0.434 e. The third-order valence-electron chi connectivity index (χ3n) is 2.63. The molecule has 0 aliphatic carbocycles. The summed E-state index contributed by atoms with van der Waals surface area (Å²) in [7, 11) is 0. The lowest BCUT2D eigenvalue weighted by Gasteiger charge is -2.01. The summed E-state index contributed by atoms with van der Waals surface area (Å²) in [5, 5.41) is 9.08. The minimum absolute atomic E-state index is 0.0482. The van der Waals surface area contributed by atoms with E-state index < -0.39 is 11.2 Å². The van der Waals surface area contributed by atoms with E-state index in [1.165, 1.54) is 12.3 Å². The molecule has 1 aromatic carbocycles. The van der Waals surface area contributed by atoms with Crippen molar-refractivity contribution in [3.8, 4) is 6.07 Å². The first-order valence-electron chi connectivity index (χ1n) is 5.12. The number of rotatable bonds is 0. The Bertz CT molecular complexity index is 878. The van der Waals surface area contributed by atoms with Crippen molar-refractivity contribution in [2.75, 3.05) is 0 Å². The average molecular weight is 240 g/mol. The van der Waals surface area contributed by atoms with Crippen LogP contribution in [0, 0.1) is 17.1 Å². The van der Waals surface area contributed by atoms with E-state index in [4.69, 9.17) is 9.68 Å². The molecular weight excluding hydrogens is 235 g/mol. The van der Waals surface area contributed by atoms with Crippen molar-refractivity contribution in [3.05, 3.63) is 52.1 Å². The number of benzene rings is 1. The molecule has 3 aromatic rings. The van der Waals surface area contributed by atoms with Gasteiger partial charge in [-0.05, 0) is 24.3 Å². The van der Waals surface area contributed by atoms with E-state index in [-0.39, 0.29) is 27.6 Å². The second-order valence-electron chi connectivity index (χ2n) is 3.73. The largest absolute Gasteiger partial charge is 0.434 e. The van der Waals surface area contributed by atoms with E-state index >= 15 is 0 Å². The van der Waals surface area contributed by atoms with Crippen LogP contribution in [0.2, 0.25) is 0 Å². The van der Waals surface area contributed by atoms with Gasteiger partial charge >= 0.3 is 0 Å². The number of halogens is 1. The topological polar surface area (TPSA) is 66.9 Å². The lowest BCUT2D eigenvalue weighted by molar-refractivity contribution is 0.573. The maximum absolute atomic E-state index is 13.7. The van der Waals surface area contributed by atoms with Crippen LogP contribution < -0.4 is 5.43 Å². The van der Waals surface area contributed by atoms with Crippen LogP contribution in [0.1, 0.15) is 5.56 Å². The molecule has 0 amide bonds. The lowest BCUT2D eigenvalue weighted by atomic mass is 10.1. The molecule has 4 nitrogen and oxygen atoms in total. The molecule has 0 radical (unpaired) electrons. The first kappa shape index (κ1) is 10.4. The molecule has 0 spiro atoms. The molecule has 0 saturated carbocycles. The summed E-state index contributed by atoms with van der Waals surface area (Å²) in [6.45, 7) is 0. The van der Waals surface area contributed by atoms with E-state index in [0.29, 0.717) is 0 Å². The van der Waals surface area contributed by atoms with Crippen LogP contribution in [-0.4, -0.2) is 4.98 Å². The van der Waals surface area contributed by atoms with Gasteiger partial charge in [0.05, 0.1) is 22.4 Å². The molecule has 0 saturated heterocycles. The highest BCUT2D eigenvalue weighted by molar-refractivity contribution is 5.88. The van der Waals surface area contributed by atoms with E-state index in [0.717, 1.165) is 6.07 Å². The summed E-state index contributed by atoms with van der Waals surface area (Å²) in [6, 6.07) is 7.28. The summed E-state index contributed by atoms with van der Waals surface area (Å²) >= 11 is 0. The highest BCUT2D eigenvalue weighted by atomic mass is 19.1.